The lowest BCUT2D eigenvalue weighted by Gasteiger charge is -2.28. The maximum Gasteiger partial charge on any atom is 0.123 e. The molecule has 0 bridgehead atoms. The van der Waals surface area contributed by atoms with E-state index in [2.05, 4.69) is 5.32 Å². The summed E-state index contributed by atoms with van der Waals surface area (Å²) in [5.74, 6) is -0.179. The number of nitrogens with one attached hydrogen (secondary N) is 1. The second-order valence-corrected chi connectivity index (χ2v) is 4.55. The largest absolute Gasteiger partial charge is 0.326 e. The van der Waals surface area contributed by atoms with Crippen molar-refractivity contribution in [2.75, 3.05) is 6.54 Å². The van der Waals surface area contributed by atoms with Crippen molar-refractivity contribution >= 4 is 0 Å². The Balaban J connectivity index is 1.93. The molecule has 1 aromatic rings. The Morgan fingerprint density at radius 1 is 1.44 bits per heavy atom. The Bertz CT molecular complexity index is 334. The zero-order chi connectivity index (χ0) is 11.4. The summed E-state index contributed by atoms with van der Waals surface area (Å²) in [5, 5.41) is 3.43. The van der Waals surface area contributed by atoms with Gasteiger partial charge in [0.15, 0.2) is 0 Å². The van der Waals surface area contributed by atoms with Crippen molar-refractivity contribution in [1.82, 2.24) is 5.32 Å². The molecule has 0 saturated carbocycles. The standard InChI is InChI=1S/C13H19FN2/c14-11-5-3-4-10(8-11)9-12(15)13-6-1-2-7-16-13/h3-5,8,12-13,16H,1-2,6-7,9,15H2. The van der Waals surface area contributed by atoms with E-state index in [1.54, 1.807) is 12.1 Å². The summed E-state index contributed by atoms with van der Waals surface area (Å²) in [6.07, 6.45) is 4.36. The molecule has 0 radical (unpaired) electrons. The quantitative estimate of drug-likeness (QED) is 0.819. The molecule has 0 amide bonds. The summed E-state index contributed by atoms with van der Waals surface area (Å²) in [4.78, 5) is 0. The van der Waals surface area contributed by atoms with E-state index < -0.39 is 0 Å². The van der Waals surface area contributed by atoms with Gasteiger partial charge in [0.05, 0.1) is 0 Å². The molecule has 0 aliphatic carbocycles. The number of hydrogen-bond donors (Lipinski definition) is 2. The SMILES string of the molecule is NC(Cc1cccc(F)c1)C1CCCCN1. The molecule has 1 fully saturated rings. The molecule has 1 saturated heterocycles. The first-order chi connectivity index (χ1) is 7.75. The molecule has 0 aromatic heterocycles. The average Bonchev–Trinajstić information content (AvgIpc) is 2.30. The van der Waals surface area contributed by atoms with Gasteiger partial charge in [0.2, 0.25) is 0 Å². The van der Waals surface area contributed by atoms with Gasteiger partial charge in [0.25, 0.3) is 0 Å². The molecule has 88 valence electrons. The van der Waals surface area contributed by atoms with Gasteiger partial charge in [-0.1, -0.05) is 18.6 Å². The summed E-state index contributed by atoms with van der Waals surface area (Å²) in [5.41, 5.74) is 7.13. The van der Waals surface area contributed by atoms with Crippen LogP contribution in [0.15, 0.2) is 24.3 Å². The van der Waals surface area contributed by atoms with Gasteiger partial charge in [-0.25, -0.2) is 4.39 Å². The Hall–Kier alpha value is -0.930. The predicted octanol–water partition coefficient (Wildman–Crippen LogP) is 1.84. The molecule has 2 unspecified atom stereocenters. The lowest BCUT2D eigenvalue weighted by molar-refractivity contribution is 0.347. The van der Waals surface area contributed by atoms with Crippen LogP contribution in [0.25, 0.3) is 0 Å². The van der Waals surface area contributed by atoms with Gasteiger partial charge < -0.3 is 11.1 Å². The van der Waals surface area contributed by atoms with Crippen LogP contribution in [0.3, 0.4) is 0 Å². The molecular formula is C13H19FN2. The van der Waals surface area contributed by atoms with Crippen LogP contribution in [0.5, 0.6) is 0 Å². The molecule has 1 aromatic carbocycles. The maximum atomic E-state index is 13.0. The highest BCUT2D eigenvalue weighted by atomic mass is 19.1. The van der Waals surface area contributed by atoms with Crippen LogP contribution in [0.4, 0.5) is 4.39 Å². The van der Waals surface area contributed by atoms with Crippen molar-refractivity contribution in [2.45, 2.75) is 37.8 Å². The van der Waals surface area contributed by atoms with Crippen molar-refractivity contribution < 1.29 is 4.39 Å². The van der Waals surface area contributed by atoms with Gasteiger partial charge in [0, 0.05) is 12.1 Å². The lowest BCUT2D eigenvalue weighted by atomic mass is 9.94. The van der Waals surface area contributed by atoms with Crippen LogP contribution in [0.2, 0.25) is 0 Å². The summed E-state index contributed by atoms with van der Waals surface area (Å²) < 4.78 is 13.0. The normalized spacial score (nSPS) is 23.0. The minimum Gasteiger partial charge on any atom is -0.326 e. The summed E-state index contributed by atoms with van der Waals surface area (Å²) >= 11 is 0. The monoisotopic (exact) mass is 222 g/mol. The van der Waals surface area contributed by atoms with Crippen LogP contribution in [0, 0.1) is 5.82 Å². The third-order valence-corrected chi connectivity index (χ3v) is 3.23. The minimum absolute atomic E-state index is 0.0853. The molecule has 1 aliphatic rings. The molecule has 3 N–H and O–H groups in total. The molecule has 2 rings (SSSR count). The van der Waals surface area contributed by atoms with E-state index >= 15 is 0 Å². The van der Waals surface area contributed by atoms with E-state index in [0.717, 1.165) is 24.9 Å². The number of piperidine rings is 1. The van der Waals surface area contributed by atoms with Crippen molar-refractivity contribution in [1.29, 1.82) is 0 Å². The highest BCUT2D eigenvalue weighted by Crippen LogP contribution is 2.13. The Labute approximate surface area is 96.0 Å². The van der Waals surface area contributed by atoms with Gasteiger partial charge in [-0.2, -0.15) is 0 Å². The minimum atomic E-state index is -0.179. The number of nitrogens with two attached hydrogens (primary N) is 1. The lowest BCUT2D eigenvalue weighted by Crippen LogP contribution is -2.48. The van der Waals surface area contributed by atoms with E-state index in [1.165, 1.54) is 18.9 Å². The zero-order valence-electron chi connectivity index (χ0n) is 9.45. The van der Waals surface area contributed by atoms with Crippen molar-refractivity contribution in [3.05, 3.63) is 35.6 Å². The topological polar surface area (TPSA) is 38.0 Å². The Morgan fingerprint density at radius 3 is 3.00 bits per heavy atom. The third-order valence-electron chi connectivity index (χ3n) is 3.23. The fourth-order valence-electron chi connectivity index (χ4n) is 2.32. The van der Waals surface area contributed by atoms with E-state index in [1.807, 2.05) is 6.07 Å². The van der Waals surface area contributed by atoms with Crippen LogP contribution in [-0.2, 0) is 6.42 Å². The molecule has 2 nitrogen and oxygen atoms in total. The summed E-state index contributed by atoms with van der Waals surface area (Å²) in [6, 6.07) is 7.19. The van der Waals surface area contributed by atoms with Gasteiger partial charge >= 0.3 is 0 Å². The van der Waals surface area contributed by atoms with Gasteiger partial charge in [-0.15, -0.1) is 0 Å². The molecule has 0 spiro atoms. The number of halogens is 1. The van der Waals surface area contributed by atoms with Crippen molar-refractivity contribution in [3.8, 4) is 0 Å². The molecule has 1 aliphatic heterocycles. The number of rotatable bonds is 3. The summed E-state index contributed by atoms with van der Waals surface area (Å²) in [6.45, 7) is 1.06. The predicted molar refractivity (Wildman–Crippen MR) is 63.7 cm³/mol. The first-order valence-electron chi connectivity index (χ1n) is 5.99. The molecule has 16 heavy (non-hydrogen) atoms. The molecular weight excluding hydrogens is 203 g/mol. The van der Waals surface area contributed by atoms with E-state index in [9.17, 15) is 4.39 Å². The van der Waals surface area contributed by atoms with E-state index in [-0.39, 0.29) is 11.9 Å². The van der Waals surface area contributed by atoms with Crippen LogP contribution < -0.4 is 11.1 Å². The fourth-order valence-corrected chi connectivity index (χ4v) is 2.32. The molecule has 2 atom stereocenters. The van der Waals surface area contributed by atoms with Crippen molar-refractivity contribution in [3.63, 3.8) is 0 Å². The third kappa shape index (κ3) is 3.03. The second-order valence-electron chi connectivity index (χ2n) is 4.55. The zero-order valence-corrected chi connectivity index (χ0v) is 9.45. The van der Waals surface area contributed by atoms with Gasteiger partial charge in [0.1, 0.15) is 5.82 Å². The smallest absolute Gasteiger partial charge is 0.123 e. The van der Waals surface area contributed by atoms with Crippen LogP contribution in [0.1, 0.15) is 24.8 Å². The van der Waals surface area contributed by atoms with Gasteiger partial charge in [-0.3, -0.25) is 0 Å². The van der Waals surface area contributed by atoms with Crippen molar-refractivity contribution in [2.24, 2.45) is 5.73 Å². The van der Waals surface area contributed by atoms with Crippen LogP contribution >= 0.6 is 0 Å². The van der Waals surface area contributed by atoms with Crippen LogP contribution in [-0.4, -0.2) is 18.6 Å². The summed E-state index contributed by atoms with van der Waals surface area (Å²) in [7, 11) is 0. The Kier molecular flexibility index (Phi) is 3.91. The first-order valence-corrected chi connectivity index (χ1v) is 5.99. The fraction of sp³-hybridized carbons (Fsp3) is 0.538. The highest BCUT2D eigenvalue weighted by Gasteiger charge is 2.19. The second kappa shape index (κ2) is 5.41. The molecule has 3 heteroatoms. The average molecular weight is 222 g/mol. The van der Waals surface area contributed by atoms with Gasteiger partial charge in [-0.05, 0) is 43.5 Å². The number of hydrogen-bond acceptors (Lipinski definition) is 2. The maximum absolute atomic E-state index is 13.0. The highest BCUT2D eigenvalue weighted by molar-refractivity contribution is 5.17. The first kappa shape index (κ1) is 11.6. The molecule has 1 heterocycles. The Morgan fingerprint density at radius 2 is 2.31 bits per heavy atom. The number of benzene rings is 1. The van der Waals surface area contributed by atoms with E-state index in [4.69, 9.17) is 5.73 Å². The van der Waals surface area contributed by atoms with E-state index in [0.29, 0.717) is 6.04 Å².